The summed E-state index contributed by atoms with van der Waals surface area (Å²) in [5.41, 5.74) is 1.02. The average molecular weight is 261 g/mol. The van der Waals surface area contributed by atoms with E-state index in [0.29, 0.717) is 0 Å². The molecule has 0 amide bonds. The normalized spacial score (nSPS) is 20.6. The summed E-state index contributed by atoms with van der Waals surface area (Å²) in [6.07, 6.45) is 2.88. The second-order valence-electron chi connectivity index (χ2n) is 5.67. The molecule has 0 aromatic carbocycles. The van der Waals surface area contributed by atoms with E-state index in [9.17, 15) is 0 Å². The highest BCUT2D eigenvalue weighted by molar-refractivity contribution is 5.45. The fourth-order valence-corrected chi connectivity index (χ4v) is 2.65. The second kappa shape index (κ2) is 5.33. The molecule has 0 unspecified atom stereocenters. The van der Waals surface area contributed by atoms with Crippen LogP contribution in [0.5, 0.6) is 0 Å². The van der Waals surface area contributed by atoms with Gasteiger partial charge in [0.1, 0.15) is 5.82 Å². The van der Waals surface area contributed by atoms with Crippen molar-refractivity contribution < 1.29 is 0 Å². The quantitative estimate of drug-likeness (QED) is 0.886. The van der Waals surface area contributed by atoms with Crippen LogP contribution in [0.3, 0.4) is 0 Å². The fourth-order valence-electron chi connectivity index (χ4n) is 2.65. The molecule has 5 nitrogen and oxygen atoms in total. The van der Waals surface area contributed by atoms with E-state index < -0.39 is 0 Å². The molecular weight excluding hydrogens is 238 g/mol. The zero-order chi connectivity index (χ0) is 13.2. The lowest BCUT2D eigenvalue weighted by atomic mass is 10.2. The summed E-state index contributed by atoms with van der Waals surface area (Å²) in [5.74, 6) is 2.77. The summed E-state index contributed by atoms with van der Waals surface area (Å²) in [6, 6.07) is 2.08. The summed E-state index contributed by atoms with van der Waals surface area (Å²) in [6.45, 7) is 7.80. The zero-order valence-corrected chi connectivity index (χ0v) is 11.9. The highest BCUT2D eigenvalue weighted by Crippen LogP contribution is 2.30. The van der Waals surface area contributed by atoms with Crippen LogP contribution in [0.1, 0.15) is 18.5 Å². The lowest BCUT2D eigenvalue weighted by Crippen LogP contribution is -2.47. The Morgan fingerprint density at radius 1 is 1.21 bits per heavy atom. The SMILES string of the molecule is CNc1nc(C)cc(N2CCN(CC3CC3)CC2)n1. The Hall–Kier alpha value is -1.36. The van der Waals surface area contributed by atoms with Gasteiger partial charge >= 0.3 is 0 Å². The number of nitrogens with one attached hydrogen (secondary N) is 1. The van der Waals surface area contributed by atoms with Crippen LogP contribution in [-0.4, -0.2) is 54.6 Å². The largest absolute Gasteiger partial charge is 0.357 e. The van der Waals surface area contributed by atoms with Crippen molar-refractivity contribution in [2.24, 2.45) is 5.92 Å². The van der Waals surface area contributed by atoms with Gasteiger partial charge < -0.3 is 10.2 Å². The van der Waals surface area contributed by atoms with E-state index >= 15 is 0 Å². The van der Waals surface area contributed by atoms with Gasteiger partial charge in [0.15, 0.2) is 0 Å². The predicted molar refractivity (Wildman–Crippen MR) is 77.7 cm³/mol. The molecule has 1 aromatic rings. The monoisotopic (exact) mass is 261 g/mol. The maximum atomic E-state index is 4.56. The highest BCUT2D eigenvalue weighted by atomic mass is 15.3. The van der Waals surface area contributed by atoms with Crippen LogP contribution in [0.25, 0.3) is 0 Å². The molecule has 2 aliphatic rings. The van der Waals surface area contributed by atoms with E-state index in [1.165, 1.54) is 19.4 Å². The molecule has 0 spiro atoms. The molecule has 2 fully saturated rings. The van der Waals surface area contributed by atoms with Gasteiger partial charge in [-0.1, -0.05) is 0 Å². The topological polar surface area (TPSA) is 44.3 Å². The Morgan fingerprint density at radius 3 is 2.58 bits per heavy atom. The van der Waals surface area contributed by atoms with Gasteiger partial charge in [0.05, 0.1) is 0 Å². The summed E-state index contributed by atoms with van der Waals surface area (Å²) in [5, 5.41) is 3.03. The van der Waals surface area contributed by atoms with E-state index in [1.807, 2.05) is 14.0 Å². The minimum atomic E-state index is 0.718. The van der Waals surface area contributed by atoms with E-state index in [1.54, 1.807) is 0 Å². The molecule has 0 atom stereocenters. The summed E-state index contributed by atoms with van der Waals surface area (Å²) < 4.78 is 0. The predicted octanol–water partition coefficient (Wildman–Crippen LogP) is 1.36. The van der Waals surface area contributed by atoms with Gasteiger partial charge in [0.25, 0.3) is 0 Å². The summed E-state index contributed by atoms with van der Waals surface area (Å²) in [4.78, 5) is 13.9. The third kappa shape index (κ3) is 3.15. The first-order valence-electron chi connectivity index (χ1n) is 7.25. The Kier molecular flexibility index (Phi) is 3.55. The van der Waals surface area contributed by atoms with Gasteiger partial charge in [-0.2, -0.15) is 4.98 Å². The molecule has 1 saturated carbocycles. The molecule has 3 rings (SSSR count). The molecule has 19 heavy (non-hydrogen) atoms. The second-order valence-corrected chi connectivity index (χ2v) is 5.67. The number of hydrogen-bond acceptors (Lipinski definition) is 5. The van der Waals surface area contributed by atoms with Crippen LogP contribution in [0.15, 0.2) is 6.07 Å². The van der Waals surface area contributed by atoms with Gasteiger partial charge in [0, 0.05) is 51.5 Å². The molecular formula is C14H23N5. The maximum absolute atomic E-state index is 4.56. The first-order valence-corrected chi connectivity index (χ1v) is 7.25. The van der Waals surface area contributed by atoms with Crippen molar-refractivity contribution in [2.75, 3.05) is 50.0 Å². The van der Waals surface area contributed by atoms with Gasteiger partial charge in [-0.25, -0.2) is 4.98 Å². The van der Waals surface area contributed by atoms with Crippen molar-refractivity contribution in [3.63, 3.8) is 0 Å². The van der Waals surface area contributed by atoms with Crippen LogP contribution in [0.4, 0.5) is 11.8 Å². The Labute approximate surface area is 115 Å². The van der Waals surface area contributed by atoms with E-state index in [0.717, 1.165) is 49.6 Å². The number of aromatic nitrogens is 2. The molecule has 1 aliphatic carbocycles. The average Bonchev–Trinajstić information content (AvgIpc) is 3.23. The molecule has 5 heteroatoms. The van der Waals surface area contributed by atoms with Gasteiger partial charge in [-0.3, -0.25) is 4.90 Å². The Bertz CT molecular complexity index is 435. The van der Waals surface area contributed by atoms with E-state index in [4.69, 9.17) is 0 Å². The molecule has 1 aromatic heterocycles. The highest BCUT2D eigenvalue weighted by Gasteiger charge is 2.26. The number of rotatable bonds is 4. The van der Waals surface area contributed by atoms with Gasteiger partial charge in [-0.15, -0.1) is 0 Å². The summed E-state index contributed by atoms with van der Waals surface area (Å²) in [7, 11) is 1.87. The number of anilines is 2. The molecule has 0 bridgehead atoms. The van der Waals surface area contributed by atoms with Crippen LogP contribution in [0.2, 0.25) is 0 Å². The third-order valence-corrected chi connectivity index (χ3v) is 3.97. The minimum absolute atomic E-state index is 0.718. The smallest absolute Gasteiger partial charge is 0.224 e. The number of aryl methyl sites for hydroxylation is 1. The Morgan fingerprint density at radius 2 is 1.95 bits per heavy atom. The third-order valence-electron chi connectivity index (χ3n) is 3.97. The number of piperazine rings is 1. The fraction of sp³-hybridized carbons (Fsp3) is 0.714. The van der Waals surface area contributed by atoms with Crippen LogP contribution < -0.4 is 10.2 Å². The molecule has 1 N–H and O–H groups in total. The number of hydrogen-bond donors (Lipinski definition) is 1. The molecule has 2 heterocycles. The lowest BCUT2D eigenvalue weighted by molar-refractivity contribution is 0.247. The van der Waals surface area contributed by atoms with Gasteiger partial charge in [-0.05, 0) is 25.7 Å². The van der Waals surface area contributed by atoms with Crippen molar-refractivity contribution in [2.45, 2.75) is 19.8 Å². The van der Waals surface area contributed by atoms with Crippen molar-refractivity contribution in [1.29, 1.82) is 0 Å². The van der Waals surface area contributed by atoms with Crippen molar-refractivity contribution in [3.05, 3.63) is 11.8 Å². The lowest BCUT2D eigenvalue weighted by Gasteiger charge is -2.35. The number of nitrogens with zero attached hydrogens (tertiary/aromatic N) is 4. The van der Waals surface area contributed by atoms with Crippen molar-refractivity contribution in [1.82, 2.24) is 14.9 Å². The Balaban J connectivity index is 1.62. The summed E-state index contributed by atoms with van der Waals surface area (Å²) >= 11 is 0. The molecule has 104 valence electrons. The standard InChI is InChI=1S/C14H23N5/c1-11-9-13(17-14(15-2)16-11)19-7-5-18(6-8-19)10-12-3-4-12/h9,12H,3-8,10H2,1-2H3,(H,15,16,17). The molecule has 1 saturated heterocycles. The van der Waals surface area contributed by atoms with Crippen LogP contribution >= 0.6 is 0 Å². The van der Waals surface area contributed by atoms with Gasteiger partial charge in [0.2, 0.25) is 5.95 Å². The first-order chi connectivity index (χ1) is 9.24. The molecule has 1 aliphatic heterocycles. The van der Waals surface area contributed by atoms with Crippen molar-refractivity contribution in [3.8, 4) is 0 Å². The first kappa shape index (κ1) is 12.7. The molecule has 0 radical (unpaired) electrons. The van der Waals surface area contributed by atoms with Crippen LogP contribution in [0, 0.1) is 12.8 Å². The van der Waals surface area contributed by atoms with Crippen LogP contribution in [-0.2, 0) is 0 Å². The minimum Gasteiger partial charge on any atom is -0.357 e. The van der Waals surface area contributed by atoms with Crippen molar-refractivity contribution >= 4 is 11.8 Å². The van der Waals surface area contributed by atoms with E-state index in [-0.39, 0.29) is 0 Å². The maximum Gasteiger partial charge on any atom is 0.224 e. The van der Waals surface area contributed by atoms with E-state index in [2.05, 4.69) is 31.2 Å². The zero-order valence-electron chi connectivity index (χ0n) is 11.9.